The van der Waals surface area contributed by atoms with Crippen molar-refractivity contribution in [3.8, 4) is 0 Å². The quantitative estimate of drug-likeness (QED) is 0.886. The Kier molecular flexibility index (Phi) is 5.98. The summed E-state index contributed by atoms with van der Waals surface area (Å²) in [6, 6.07) is 4.03. The first-order valence-electron chi connectivity index (χ1n) is 3.93. The average Bonchev–Trinajstić information content (AvgIpc) is 2.11. The van der Waals surface area contributed by atoms with Gasteiger partial charge in [-0.25, -0.2) is 0 Å². The number of hydrogen-bond donors (Lipinski definition) is 2. The maximum absolute atomic E-state index is 10.5. The largest absolute Gasteiger partial charge is 0.480 e. The molecule has 1 unspecified atom stereocenters. The summed E-state index contributed by atoms with van der Waals surface area (Å²) in [4.78, 5) is 10.5. The molecule has 15 heavy (non-hydrogen) atoms. The predicted molar refractivity (Wildman–Crippen MR) is 63.0 cm³/mol. The number of carbonyl (C=O) groups is 1. The van der Waals surface area contributed by atoms with E-state index in [1.54, 1.807) is 18.2 Å². The van der Waals surface area contributed by atoms with E-state index in [0.717, 1.165) is 5.56 Å². The number of benzene rings is 1. The van der Waals surface area contributed by atoms with E-state index in [9.17, 15) is 4.79 Å². The number of halogens is 3. The van der Waals surface area contributed by atoms with Gasteiger partial charge < -0.3 is 10.8 Å². The highest BCUT2D eigenvalue weighted by atomic mass is 35.5. The van der Waals surface area contributed by atoms with Crippen molar-refractivity contribution in [1.82, 2.24) is 0 Å². The van der Waals surface area contributed by atoms with E-state index in [0.29, 0.717) is 10.0 Å². The topological polar surface area (TPSA) is 63.3 Å². The number of rotatable bonds is 3. The van der Waals surface area contributed by atoms with Gasteiger partial charge in [0.25, 0.3) is 0 Å². The Labute approximate surface area is 104 Å². The SMILES string of the molecule is Cl.NC(Cc1ccc(Cl)c(Cl)c1)C(=O)O. The second kappa shape index (κ2) is 6.18. The van der Waals surface area contributed by atoms with E-state index in [1.807, 2.05) is 0 Å². The molecule has 1 aromatic carbocycles. The fourth-order valence-corrected chi connectivity index (χ4v) is 1.33. The second-order valence-corrected chi connectivity index (χ2v) is 3.71. The molecular formula is C9H10Cl3NO2. The molecule has 0 aliphatic heterocycles. The fraction of sp³-hybridized carbons (Fsp3) is 0.222. The molecule has 0 aromatic heterocycles. The summed E-state index contributed by atoms with van der Waals surface area (Å²) >= 11 is 11.5. The number of carboxylic acids is 1. The Morgan fingerprint density at radius 3 is 2.47 bits per heavy atom. The molecule has 84 valence electrons. The molecule has 0 saturated heterocycles. The highest BCUT2D eigenvalue weighted by Gasteiger charge is 2.12. The van der Waals surface area contributed by atoms with Crippen LogP contribution in [-0.4, -0.2) is 17.1 Å². The van der Waals surface area contributed by atoms with Gasteiger partial charge in [-0.1, -0.05) is 29.3 Å². The molecule has 0 aliphatic rings. The van der Waals surface area contributed by atoms with Crippen molar-refractivity contribution < 1.29 is 9.90 Å². The van der Waals surface area contributed by atoms with E-state index >= 15 is 0 Å². The van der Waals surface area contributed by atoms with Crippen LogP contribution in [0.3, 0.4) is 0 Å². The van der Waals surface area contributed by atoms with Crippen molar-refractivity contribution in [2.75, 3.05) is 0 Å². The Morgan fingerprint density at radius 2 is 2.00 bits per heavy atom. The van der Waals surface area contributed by atoms with Gasteiger partial charge in [0.15, 0.2) is 0 Å². The van der Waals surface area contributed by atoms with Crippen LogP contribution in [0.25, 0.3) is 0 Å². The van der Waals surface area contributed by atoms with Gasteiger partial charge in [-0.2, -0.15) is 0 Å². The molecule has 0 heterocycles. The maximum atomic E-state index is 10.5. The number of carboxylic acid groups (broad SMARTS) is 1. The molecule has 3 N–H and O–H groups in total. The van der Waals surface area contributed by atoms with E-state index in [-0.39, 0.29) is 18.8 Å². The van der Waals surface area contributed by atoms with E-state index in [4.69, 9.17) is 34.0 Å². The number of nitrogens with two attached hydrogens (primary N) is 1. The third kappa shape index (κ3) is 4.26. The second-order valence-electron chi connectivity index (χ2n) is 2.90. The minimum Gasteiger partial charge on any atom is -0.480 e. The first-order chi connectivity index (χ1) is 6.50. The van der Waals surface area contributed by atoms with Gasteiger partial charge in [0.2, 0.25) is 0 Å². The number of aliphatic carboxylic acids is 1. The molecule has 1 aromatic rings. The molecule has 6 heteroatoms. The van der Waals surface area contributed by atoms with Gasteiger partial charge in [-0.15, -0.1) is 12.4 Å². The number of hydrogen-bond acceptors (Lipinski definition) is 2. The third-order valence-corrected chi connectivity index (χ3v) is 2.50. The molecular weight excluding hydrogens is 260 g/mol. The van der Waals surface area contributed by atoms with Crippen LogP contribution in [0.2, 0.25) is 10.0 Å². The van der Waals surface area contributed by atoms with Crippen molar-refractivity contribution >= 4 is 41.6 Å². The predicted octanol–water partition coefficient (Wildman–Crippen LogP) is 2.37. The molecule has 0 amide bonds. The Hall–Kier alpha value is -0.480. The molecule has 3 nitrogen and oxygen atoms in total. The van der Waals surface area contributed by atoms with E-state index in [2.05, 4.69) is 0 Å². The molecule has 0 spiro atoms. The zero-order chi connectivity index (χ0) is 10.7. The van der Waals surface area contributed by atoms with Gasteiger partial charge in [-0.05, 0) is 24.1 Å². The smallest absolute Gasteiger partial charge is 0.320 e. The minimum absolute atomic E-state index is 0. The Balaban J connectivity index is 0.00000196. The minimum atomic E-state index is -1.03. The summed E-state index contributed by atoms with van der Waals surface area (Å²) < 4.78 is 0. The molecule has 1 atom stereocenters. The van der Waals surface area contributed by atoms with Crippen LogP contribution < -0.4 is 5.73 Å². The molecule has 0 fully saturated rings. The lowest BCUT2D eigenvalue weighted by molar-refractivity contribution is -0.138. The molecule has 0 saturated carbocycles. The maximum Gasteiger partial charge on any atom is 0.320 e. The first kappa shape index (κ1) is 14.5. The van der Waals surface area contributed by atoms with Crippen molar-refractivity contribution in [1.29, 1.82) is 0 Å². The van der Waals surface area contributed by atoms with Crippen LogP contribution in [0.1, 0.15) is 5.56 Å². The van der Waals surface area contributed by atoms with Gasteiger partial charge in [0.05, 0.1) is 10.0 Å². The van der Waals surface area contributed by atoms with E-state index < -0.39 is 12.0 Å². The van der Waals surface area contributed by atoms with Crippen molar-refractivity contribution in [2.45, 2.75) is 12.5 Å². The van der Waals surface area contributed by atoms with Gasteiger partial charge >= 0.3 is 5.97 Å². The fourth-order valence-electron chi connectivity index (χ4n) is 1.01. The van der Waals surface area contributed by atoms with Crippen molar-refractivity contribution in [3.05, 3.63) is 33.8 Å². The lowest BCUT2D eigenvalue weighted by Crippen LogP contribution is -2.32. The van der Waals surface area contributed by atoms with Crippen molar-refractivity contribution in [2.24, 2.45) is 5.73 Å². The zero-order valence-corrected chi connectivity index (χ0v) is 9.94. The van der Waals surface area contributed by atoms with Gasteiger partial charge in [0, 0.05) is 0 Å². The monoisotopic (exact) mass is 269 g/mol. The molecule has 0 bridgehead atoms. The summed E-state index contributed by atoms with van der Waals surface area (Å²) in [6.07, 6.45) is 0.242. The van der Waals surface area contributed by atoms with Crippen LogP contribution in [0.15, 0.2) is 18.2 Å². The van der Waals surface area contributed by atoms with Crippen molar-refractivity contribution in [3.63, 3.8) is 0 Å². The summed E-state index contributed by atoms with van der Waals surface area (Å²) in [6.45, 7) is 0. The summed E-state index contributed by atoms with van der Waals surface area (Å²) in [5.41, 5.74) is 6.12. The summed E-state index contributed by atoms with van der Waals surface area (Å²) in [7, 11) is 0. The standard InChI is InChI=1S/C9H9Cl2NO2.ClH/c10-6-2-1-5(3-7(6)11)4-8(12)9(13)14;/h1-3,8H,4,12H2,(H,13,14);1H. The van der Waals surface area contributed by atoms with E-state index in [1.165, 1.54) is 0 Å². The van der Waals surface area contributed by atoms with Gasteiger partial charge in [0.1, 0.15) is 6.04 Å². The van der Waals surface area contributed by atoms with Crippen LogP contribution in [0.5, 0.6) is 0 Å². The van der Waals surface area contributed by atoms with Crippen LogP contribution >= 0.6 is 35.6 Å². The Morgan fingerprint density at radius 1 is 1.40 bits per heavy atom. The average molecular weight is 271 g/mol. The third-order valence-electron chi connectivity index (χ3n) is 1.76. The normalized spacial score (nSPS) is 11.7. The zero-order valence-electron chi connectivity index (χ0n) is 7.61. The lowest BCUT2D eigenvalue weighted by atomic mass is 10.1. The molecule has 0 aliphatic carbocycles. The van der Waals surface area contributed by atoms with Crippen LogP contribution in [0, 0.1) is 0 Å². The summed E-state index contributed by atoms with van der Waals surface area (Å²) in [5.74, 6) is -1.03. The Bertz CT molecular complexity index is 357. The highest BCUT2D eigenvalue weighted by Crippen LogP contribution is 2.22. The van der Waals surface area contributed by atoms with Crippen LogP contribution in [0.4, 0.5) is 0 Å². The first-order valence-corrected chi connectivity index (χ1v) is 4.68. The van der Waals surface area contributed by atoms with Gasteiger partial charge in [-0.3, -0.25) is 4.79 Å². The molecule has 1 rings (SSSR count). The lowest BCUT2D eigenvalue weighted by Gasteiger charge is -2.06. The molecule has 0 radical (unpaired) electrons. The summed E-state index contributed by atoms with van der Waals surface area (Å²) in [5, 5.41) is 9.43. The highest BCUT2D eigenvalue weighted by molar-refractivity contribution is 6.42. The van der Waals surface area contributed by atoms with Crippen LogP contribution in [-0.2, 0) is 11.2 Å².